The predicted molar refractivity (Wildman–Crippen MR) is 44.2 cm³/mol. The summed E-state index contributed by atoms with van der Waals surface area (Å²) in [5.41, 5.74) is 5.28. The Kier molecular flexibility index (Phi) is 3.05. The Morgan fingerprint density at radius 3 is 1.82 bits per heavy atom. The molecular formula is C8H17NO2. The van der Waals surface area contributed by atoms with E-state index in [-0.39, 0.29) is 11.5 Å². The fraction of sp³-hybridized carbons (Fsp3) is 0.875. The zero-order valence-corrected chi connectivity index (χ0v) is 7.59. The molecule has 0 rings (SSSR count). The second kappa shape index (κ2) is 3.22. The van der Waals surface area contributed by atoms with E-state index < -0.39 is 11.9 Å². The highest BCUT2D eigenvalue weighted by atomic mass is 16.4. The largest absolute Gasteiger partial charge is 0.481 e. The number of carbonyl (C=O) groups is 1. The number of nitrogens with two attached hydrogens (primary N) is 1. The monoisotopic (exact) mass is 159 g/mol. The van der Waals surface area contributed by atoms with E-state index in [2.05, 4.69) is 0 Å². The minimum Gasteiger partial charge on any atom is -0.481 e. The topological polar surface area (TPSA) is 63.3 Å². The molecule has 0 radical (unpaired) electrons. The Labute approximate surface area is 67.6 Å². The summed E-state index contributed by atoms with van der Waals surface area (Å²) in [4.78, 5) is 10.7. The molecule has 11 heavy (non-hydrogen) atoms. The van der Waals surface area contributed by atoms with Crippen LogP contribution < -0.4 is 5.73 Å². The second-order valence-electron chi connectivity index (χ2n) is 4.04. The SMILES string of the molecule is CC(N)C(C(=O)O)C(C)(C)C. The van der Waals surface area contributed by atoms with Gasteiger partial charge in [0.2, 0.25) is 0 Å². The zero-order valence-electron chi connectivity index (χ0n) is 7.59. The summed E-state index contributed by atoms with van der Waals surface area (Å²) >= 11 is 0. The van der Waals surface area contributed by atoms with Crippen LogP contribution in [0.25, 0.3) is 0 Å². The number of carboxylic acids is 1. The lowest BCUT2D eigenvalue weighted by molar-refractivity contribution is -0.146. The standard InChI is InChI=1S/C8H17NO2/c1-5(9)6(7(10)11)8(2,3)4/h5-6H,9H2,1-4H3,(H,10,11). The van der Waals surface area contributed by atoms with Crippen molar-refractivity contribution in [2.24, 2.45) is 17.1 Å². The minimum absolute atomic E-state index is 0.264. The van der Waals surface area contributed by atoms with E-state index >= 15 is 0 Å². The molecule has 0 saturated heterocycles. The van der Waals surface area contributed by atoms with E-state index in [1.165, 1.54) is 0 Å². The number of hydrogen-bond acceptors (Lipinski definition) is 2. The molecule has 66 valence electrons. The van der Waals surface area contributed by atoms with Gasteiger partial charge in [0.25, 0.3) is 0 Å². The van der Waals surface area contributed by atoms with Gasteiger partial charge in [0.1, 0.15) is 0 Å². The lowest BCUT2D eigenvalue weighted by Gasteiger charge is -2.29. The fourth-order valence-electron chi connectivity index (χ4n) is 1.38. The molecule has 0 saturated carbocycles. The molecule has 0 spiro atoms. The molecule has 0 amide bonds. The van der Waals surface area contributed by atoms with Crippen LogP contribution in [0.4, 0.5) is 0 Å². The molecule has 0 aromatic heterocycles. The predicted octanol–water partition coefficient (Wildman–Crippen LogP) is 1.08. The molecule has 0 fully saturated rings. The molecule has 2 atom stereocenters. The minimum atomic E-state index is -0.813. The first-order valence-electron chi connectivity index (χ1n) is 3.75. The first-order valence-corrected chi connectivity index (χ1v) is 3.75. The zero-order chi connectivity index (χ0) is 9.23. The van der Waals surface area contributed by atoms with Gasteiger partial charge in [0.15, 0.2) is 0 Å². The third-order valence-corrected chi connectivity index (χ3v) is 1.72. The van der Waals surface area contributed by atoms with E-state index in [0.717, 1.165) is 0 Å². The van der Waals surface area contributed by atoms with Crippen LogP contribution in [0.5, 0.6) is 0 Å². The summed E-state index contributed by atoms with van der Waals surface area (Å²) in [6.45, 7) is 7.38. The summed E-state index contributed by atoms with van der Waals surface area (Å²) in [6, 6.07) is -0.299. The normalized spacial score (nSPS) is 17.5. The van der Waals surface area contributed by atoms with E-state index in [1.807, 2.05) is 20.8 Å². The lowest BCUT2D eigenvalue weighted by atomic mass is 9.77. The molecular weight excluding hydrogens is 142 g/mol. The Bertz CT molecular complexity index is 147. The van der Waals surface area contributed by atoms with Crippen molar-refractivity contribution in [3.8, 4) is 0 Å². The van der Waals surface area contributed by atoms with Crippen LogP contribution in [0.15, 0.2) is 0 Å². The van der Waals surface area contributed by atoms with Crippen molar-refractivity contribution in [2.45, 2.75) is 33.7 Å². The van der Waals surface area contributed by atoms with Gasteiger partial charge in [-0.3, -0.25) is 4.79 Å². The Balaban J connectivity index is 4.49. The van der Waals surface area contributed by atoms with E-state index in [1.54, 1.807) is 6.92 Å². The van der Waals surface area contributed by atoms with Gasteiger partial charge >= 0.3 is 5.97 Å². The first kappa shape index (κ1) is 10.4. The Morgan fingerprint density at radius 2 is 1.82 bits per heavy atom. The highest BCUT2D eigenvalue weighted by Gasteiger charge is 2.33. The quantitative estimate of drug-likeness (QED) is 0.633. The molecule has 0 aliphatic heterocycles. The van der Waals surface area contributed by atoms with Crippen LogP contribution in [-0.2, 0) is 4.79 Å². The average molecular weight is 159 g/mol. The molecule has 3 heteroatoms. The van der Waals surface area contributed by atoms with E-state index in [0.29, 0.717) is 0 Å². The van der Waals surface area contributed by atoms with Gasteiger partial charge in [-0.05, 0) is 12.3 Å². The van der Waals surface area contributed by atoms with Crippen molar-refractivity contribution in [1.29, 1.82) is 0 Å². The lowest BCUT2D eigenvalue weighted by Crippen LogP contribution is -2.41. The van der Waals surface area contributed by atoms with Gasteiger partial charge < -0.3 is 10.8 Å². The highest BCUT2D eigenvalue weighted by Crippen LogP contribution is 2.27. The fourth-order valence-corrected chi connectivity index (χ4v) is 1.38. The number of rotatable bonds is 2. The maximum atomic E-state index is 10.7. The molecule has 3 N–H and O–H groups in total. The van der Waals surface area contributed by atoms with Gasteiger partial charge in [-0.15, -0.1) is 0 Å². The summed E-state index contributed by atoms with van der Waals surface area (Å²) in [5, 5.41) is 8.80. The summed E-state index contributed by atoms with van der Waals surface area (Å²) in [6.07, 6.45) is 0. The third-order valence-electron chi connectivity index (χ3n) is 1.72. The van der Waals surface area contributed by atoms with Crippen LogP contribution in [-0.4, -0.2) is 17.1 Å². The maximum Gasteiger partial charge on any atom is 0.308 e. The van der Waals surface area contributed by atoms with Crippen molar-refractivity contribution >= 4 is 5.97 Å². The van der Waals surface area contributed by atoms with E-state index in [9.17, 15) is 4.79 Å². The summed E-state index contributed by atoms with van der Waals surface area (Å²) in [5.74, 6) is -1.28. The molecule has 0 aromatic rings. The summed E-state index contributed by atoms with van der Waals surface area (Å²) < 4.78 is 0. The number of aliphatic carboxylic acids is 1. The second-order valence-corrected chi connectivity index (χ2v) is 4.04. The smallest absolute Gasteiger partial charge is 0.308 e. The van der Waals surface area contributed by atoms with Crippen LogP contribution in [0.3, 0.4) is 0 Å². The van der Waals surface area contributed by atoms with Crippen LogP contribution in [0.1, 0.15) is 27.7 Å². The van der Waals surface area contributed by atoms with Crippen molar-refractivity contribution in [3.63, 3.8) is 0 Å². The highest BCUT2D eigenvalue weighted by molar-refractivity contribution is 5.71. The van der Waals surface area contributed by atoms with E-state index in [4.69, 9.17) is 10.8 Å². The maximum absolute atomic E-state index is 10.7. The van der Waals surface area contributed by atoms with Crippen molar-refractivity contribution in [1.82, 2.24) is 0 Å². The van der Waals surface area contributed by atoms with Gasteiger partial charge in [0.05, 0.1) is 5.92 Å². The molecule has 0 bridgehead atoms. The number of hydrogen-bond donors (Lipinski definition) is 2. The molecule has 0 aromatic carbocycles. The number of carboxylic acid groups (broad SMARTS) is 1. The van der Waals surface area contributed by atoms with Crippen molar-refractivity contribution in [3.05, 3.63) is 0 Å². The van der Waals surface area contributed by atoms with Gasteiger partial charge in [-0.1, -0.05) is 20.8 Å². The van der Waals surface area contributed by atoms with Crippen molar-refractivity contribution in [2.75, 3.05) is 0 Å². The van der Waals surface area contributed by atoms with Crippen molar-refractivity contribution < 1.29 is 9.90 Å². The van der Waals surface area contributed by atoms with Crippen LogP contribution in [0, 0.1) is 11.3 Å². The Hall–Kier alpha value is -0.570. The molecule has 2 unspecified atom stereocenters. The van der Waals surface area contributed by atoms with Gasteiger partial charge in [0, 0.05) is 6.04 Å². The molecule has 0 aliphatic carbocycles. The third kappa shape index (κ3) is 2.89. The molecule has 0 aliphatic rings. The Morgan fingerprint density at radius 1 is 1.45 bits per heavy atom. The average Bonchev–Trinajstić information content (AvgIpc) is 1.54. The van der Waals surface area contributed by atoms with Crippen LogP contribution >= 0.6 is 0 Å². The summed E-state index contributed by atoms with van der Waals surface area (Å²) in [7, 11) is 0. The van der Waals surface area contributed by atoms with Crippen LogP contribution in [0.2, 0.25) is 0 Å². The van der Waals surface area contributed by atoms with Gasteiger partial charge in [-0.2, -0.15) is 0 Å². The van der Waals surface area contributed by atoms with Gasteiger partial charge in [-0.25, -0.2) is 0 Å². The molecule has 0 heterocycles. The molecule has 3 nitrogen and oxygen atoms in total. The first-order chi connectivity index (χ1) is 4.76.